The van der Waals surface area contributed by atoms with Crippen molar-refractivity contribution < 1.29 is 8.91 Å². The summed E-state index contributed by atoms with van der Waals surface area (Å²) in [6.07, 6.45) is 0. The third-order valence-electron chi connectivity index (χ3n) is 3.30. The Labute approximate surface area is 106 Å². The van der Waals surface area contributed by atoms with Crippen molar-refractivity contribution >= 4 is 5.82 Å². The minimum atomic E-state index is -0.315. The van der Waals surface area contributed by atoms with Crippen molar-refractivity contribution in [1.29, 1.82) is 0 Å². The summed E-state index contributed by atoms with van der Waals surface area (Å²) in [5.74, 6) is 1.06. The molecule has 2 aromatic rings. The fourth-order valence-electron chi connectivity index (χ4n) is 1.86. The minimum absolute atomic E-state index is 0.129. The van der Waals surface area contributed by atoms with E-state index in [1.54, 1.807) is 18.2 Å². The SMILES string of the molecule is CC(C)C(C)c1onc(N)c1-c1ccccc1F. The Hall–Kier alpha value is -1.84. The van der Waals surface area contributed by atoms with E-state index in [2.05, 4.69) is 19.0 Å². The van der Waals surface area contributed by atoms with Crippen LogP contribution in [0.1, 0.15) is 32.4 Å². The van der Waals surface area contributed by atoms with E-state index in [1.165, 1.54) is 6.07 Å². The molecule has 4 heteroatoms. The molecule has 0 aliphatic heterocycles. The van der Waals surface area contributed by atoms with E-state index in [0.29, 0.717) is 22.8 Å². The van der Waals surface area contributed by atoms with Gasteiger partial charge in [0, 0.05) is 11.5 Å². The summed E-state index contributed by atoms with van der Waals surface area (Å²) in [6, 6.07) is 6.52. The molecule has 0 fully saturated rings. The maximum Gasteiger partial charge on any atom is 0.175 e. The van der Waals surface area contributed by atoms with E-state index in [9.17, 15) is 4.39 Å². The third kappa shape index (κ3) is 2.10. The van der Waals surface area contributed by atoms with Crippen LogP contribution in [0.25, 0.3) is 11.1 Å². The fourth-order valence-corrected chi connectivity index (χ4v) is 1.86. The van der Waals surface area contributed by atoms with Gasteiger partial charge < -0.3 is 10.3 Å². The predicted molar refractivity (Wildman–Crippen MR) is 69.6 cm³/mol. The van der Waals surface area contributed by atoms with Crippen molar-refractivity contribution in [3.8, 4) is 11.1 Å². The molecule has 0 saturated heterocycles. The van der Waals surface area contributed by atoms with Gasteiger partial charge >= 0.3 is 0 Å². The maximum absolute atomic E-state index is 13.9. The number of hydrogen-bond donors (Lipinski definition) is 1. The first-order chi connectivity index (χ1) is 8.52. The van der Waals surface area contributed by atoms with Crippen molar-refractivity contribution in [2.24, 2.45) is 5.92 Å². The van der Waals surface area contributed by atoms with Gasteiger partial charge in [-0.3, -0.25) is 0 Å². The maximum atomic E-state index is 13.9. The topological polar surface area (TPSA) is 52.0 Å². The number of nitrogens with two attached hydrogens (primary N) is 1. The third-order valence-corrected chi connectivity index (χ3v) is 3.30. The lowest BCUT2D eigenvalue weighted by molar-refractivity contribution is 0.341. The van der Waals surface area contributed by atoms with Crippen molar-refractivity contribution in [3.63, 3.8) is 0 Å². The smallest absolute Gasteiger partial charge is 0.175 e. The van der Waals surface area contributed by atoms with Gasteiger partial charge in [0.15, 0.2) is 5.82 Å². The molecule has 1 unspecified atom stereocenters. The van der Waals surface area contributed by atoms with E-state index in [1.807, 2.05) is 6.92 Å². The molecule has 1 atom stereocenters. The van der Waals surface area contributed by atoms with Crippen molar-refractivity contribution in [1.82, 2.24) is 5.16 Å². The Bertz CT molecular complexity index is 548. The number of nitrogen functional groups attached to an aromatic ring is 1. The molecule has 96 valence electrons. The lowest BCUT2D eigenvalue weighted by atomic mass is 9.90. The van der Waals surface area contributed by atoms with Crippen molar-refractivity contribution in [2.75, 3.05) is 5.73 Å². The van der Waals surface area contributed by atoms with Crippen LogP contribution >= 0.6 is 0 Å². The largest absolute Gasteiger partial charge is 0.380 e. The summed E-state index contributed by atoms with van der Waals surface area (Å²) in [4.78, 5) is 0. The highest BCUT2D eigenvalue weighted by Gasteiger charge is 2.24. The molecule has 2 rings (SSSR count). The van der Waals surface area contributed by atoms with Crippen LogP contribution in [0.3, 0.4) is 0 Å². The first kappa shape index (κ1) is 12.6. The van der Waals surface area contributed by atoms with Crippen LogP contribution in [0.15, 0.2) is 28.8 Å². The zero-order valence-corrected chi connectivity index (χ0v) is 10.8. The van der Waals surface area contributed by atoms with Crippen LogP contribution in [-0.2, 0) is 0 Å². The van der Waals surface area contributed by atoms with Gasteiger partial charge in [0.05, 0.1) is 5.56 Å². The quantitative estimate of drug-likeness (QED) is 0.898. The summed E-state index contributed by atoms with van der Waals surface area (Å²) in [5.41, 5.74) is 6.83. The van der Waals surface area contributed by atoms with Gasteiger partial charge in [0.2, 0.25) is 0 Å². The highest BCUT2D eigenvalue weighted by atomic mass is 19.1. The summed E-state index contributed by atoms with van der Waals surface area (Å²) in [7, 11) is 0. The molecule has 1 aromatic carbocycles. The normalized spacial score (nSPS) is 12.9. The zero-order chi connectivity index (χ0) is 13.3. The molecule has 3 nitrogen and oxygen atoms in total. The Balaban J connectivity index is 2.58. The lowest BCUT2D eigenvalue weighted by Crippen LogP contribution is -2.03. The van der Waals surface area contributed by atoms with Gasteiger partial charge in [-0.2, -0.15) is 0 Å². The van der Waals surface area contributed by atoms with Crippen molar-refractivity contribution in [3.05, 3.63) is 35.8 Å². The first-order valence-corrected chi connectivity index (χ1v) is 6.02. The second-order valence-corrected chi connectivity index (χ2v) is 4.82. The lowest BCUT2D eigenvalue weighted by Gasteiger charge is -2.14. The van der Waals surface area contributed by atoms with E-state index >= 15 is 0 Å². The Morgan fingerprint density at radius 2 is 1.89 bits per heavy atom. The van der Waals surface area contributed by atoms with Gasteiger partial charge in [-0.15, -0.1) is 0 Å². The van der Waals surface area contributed by atoms with Gasteiger partial charge in [-0.1, -0.05) is 44.1 Å². The number of rotatable bonds is 3. The van der Waals surface area contributed by atoms with Crippen LogP contribution in [0, 0.1) is 11.7 Å². The van der Waals surface area contributed by atoms with Gasteiger partial charge in [-0.25, -0.2) is 4.39 Å². The zero-order valence-electron chi connectivity index (χ0n) is 10.8. The summed E-state index contributed by atoms with van der Waals surface area (Å²) in [5, 5.41) is 3.77. The molecule has 1 aromatic heterocycles. The highest BCUT2D eigenvalue weighted by Crippen LogP contribution is 2.37. The van der Waals surface area contributed by atoms with Crippen LogP contribution in [0.2, 0.25) is 0 Å². The van der Waals surface area contributed by atoms with Crippen LogP contribution in [-0.4, -0.2) is 5.16 Å². The molecule has 0 spiro atoms. The molecule has 0 amide bonds. The predicted octanol–water partition coefficient (Wildman–Crippen LogP) is 3.82. The van der Waals surface area contributed by atoms with Gasteiger partial charge in [0.1, 0.15) is 11.6 Å². The molecule has 1 heterocycles. The molecular formula is C14H17FN2O. The number of halogens is 1. The Morgan fingerprint density at radius 3 is 2.50 bits per heavy atom. The van der Waals surface area contributed by atoms with Crippen LogP contribution < -0.4 is 5.73 Å². The standard InChI is InChI=1S/C14H17FN2O/c1-8(2)9(3)13-12(14(16)17-18-13)10-6-4-5-7-11(10)15/h4-9H,1-3H3,(H2,16,17). The average molecular weight is 248 g/mol. The molecule has 0 aliphatic rings. The van der Waals surface area contributed by atoms with Gasteiger partial charge in [-0.05, 0) is 12.0 Å². The Kier molecular flexibility index (Phi) is 3.36. The van der Waals surface area contributed by atoms with E-state index in [0.717, 1.165) is 0 Å². The number of hydrogen-bond acceptors (Lipinski definition) is 3. The summed E-state index contributed by atoms with van der Waals surface area (Å²) in [6.45, 7) is 6.18. The second-order valence-electron chi connectivity index (χ2n) is 4.82. The second kappa shape index (κ2) is 4.80. The van der Waals surface area contributed by atoms with E-state index < -0.39 is 0 Å². The number of aromatic nitrogens is 1. The number of benzene rings is 1. The number of nitrogens with zero attached hydrogens (tertiary/aromatic N) is 1. The van der Waals surface area contributed by atoms with E-state index in [4.69, 9.17) is 10.3 Å². The molecule has 18 heavy (non-hydrogen) atoms. The average Bonchev–Trinajstić information content (AvgIpc) is 2.71. The molecular weight excluding hydrogens is 231 g/mol. The first-order valence-electron chi connectivity index (χ1n) is 6.02. The fraction of sp³-hybridized carbons (Fsp3) is 0.357. The Morgan fingerprint density at radius 1 is 1.22 bits per heavy atom. The van der Waals surface area contributed by atoms with Crippen LogP contribution in [0.5, 0.6) is 0 Å². The molecule has 0 saturated carbocycles. The molecule has 0 radical (unpaired) electrons. The van der Waals surface area contributed by atoms with E-state index in [-0.39, 0.29) is 17.6 Å². The highest BCUT2D eigenvalue weighted by molar-refractivity contribution is 5.76. The van der Waals surface area contributed by atoms with Crippen molar-refractivity contribution in [2.45, 2.75) is 26.7 Å². The molecule has 0 bridgehead atoms. The molecule has 2 N–H and O–H groups in total. The summed E-state index contributed by atoms with van der Waals surface area (Å²) < 4.78 is 19.1. The number of anilines is 1. The minimum Gasteiger partial charge on any atom is -0.380 e. The summed E-state index contributed by atoms with van der Waals surface area (Å²) >= 11 is 0. The van der Waals surface area contributed by atoms with Crippen LogP contribution in [0.4, 0.5) is 10.2 Å². The molecule has 0 aliphatic carbocycles. The van der Waals surface area contributed by atoms with Gasteiger partial charge in [0.25, 0.3) is 0 Å². The monoisotopic (exact) mass is 248 g/mol.